The number of hydrogen-bond donors (Lipinski definition) is 5. The molecule has 13 nitrogen and oxygen atoms in total. The second-order valence-electron chi connectivity index (χ2n) is 12.0. The summed E-state index contributed by atoms with van der Waals surface area (Å²) in [7, 11) is -10.1. The molecule has 5 N–H and O–H groups in total. The third-order valence-electron chi connectivity index (χ3n) is 3.71. The van der Waals surface area contributed by atoms with Crippen molar-refractivity contribution in [1.29, 1.82) is 0 Å². The van der Waals surface area contributed by atoms with Gasteiger partial charge in [-0.25, -0.2) is 39.4 Å². The molecule has 0 spiro atoms. The Morgan fingerprint density at radius 3 is 1.41 bits per heavy atom. The van der Waals surface area contributed by atoms with Gasteiger partial charge in [0.05, 0.1) is 0 Å². The summed E-state index contributed by atoms with van der Waals surface area (Å²) in [6.45, 7) is 23.3. The van der Waals surface area contributed by atoms with Gasteiger partial charge in [0, 0.05) is 35.5 Å². The van der Waals surface area contributed by atoms with Crippen LogP contribution >= 0.6 is 0 Å². The third-order valence-corrected chi connectivity index (χ3v) is 7.83. The number of nitrogens with one attached hydrogen (secondary N) is 5. The van der Waals surface area contributed by atoms with Crippen molar-refractivity contribution < 1.29 is 34.8 Å². The van der Waals surface area contributed by atoms with Crippen LogP contribution in [-0.4, -0.2) is 72.9 Å². The molecule has 0 saturated carbocycles. The first-order valence-electron chi connectivity index (χ1n) is 13.4. The Bertz CT molecular complexity index is 1120. The molecule has 0 aromatic rings. The molecule has 2 amide bonds. The van der Waals surface area contributed by atoms with Crippen molar-refractivity contribution in [2.45, 2.75) is 114 Å². The Morgan fingerprint density at radius 2 is 1.07 bits per heavy atom. The Hall–Kier alpha value is -1.59. The second-order valence-corrected chi connectivity index (χ2v) is 17.1. The van der Waals surface area contributed by atoms with Gasteiger partial charge < -0.3 is 10.6 Å². The molecule has 0 bridgehead atoms. The summed E-state index contributed by atoms with van der Waals surface area (Å²) < 4.78 is 74.8. The fourth-order valence-corrected chi connectivity index (χ4v) is 6.06. The van der Waals surface area contributed by atoms with E-state index in [0.29, 0.717) is 0 Å². The number of hydrogen-bond acceptors (Lipinski definition) is 8. The molecule has 0 aliphatic rings. The van der Waals surface area contributed by atoms with Crippen LogP contribution in [0.1, 0.15) is 90.0 Å². The number of amides is 2. The van der Waals surface area contributed by atoms with Crippen molar-refractivity contribution in [3.63, 3.8) is 0 Å². The van der Waals surface area contributed by atoms with E-state index < -0.39 is 41.7 Å². The standard InChI is InChI=1S/C9H19NO2S.2C8H18N2O3S/c1-8(2)10-13(11,12)7-6-9(3,4)5;1-6(2)8(11)9-5-14(12,13)10-7(3)4;1-6(2)9-8(11)5-14(12,13)10-7(3)4/h6-8,10H,1-5H3;2*6-7,10H,5H2,1-4H3,(H,9,11)/b7-6+;;. The molecule has 0 aromatic heterocycles. The van der Waals surface area contributed by atoms with E-state index in [9.17, 15) is 34.8 Å². The molecule has 41 heavy (non-hydrogen) atoms. The highest BCUT2D eigenvalue weighted by Crippen LogP contribution is 2.15. The molecule has 246 valence electrons. The van der Waals surface area contributed by atoms with Gasteiger partial charge in [-0.3, -0.25) is 9.59 Å². The first-order chi connectivity index (χ1) is 18.1. The number of sulfonamides is 3. The Morgan fingerprint density at radius 1 is 0.659 bits per heavy atom. The lowest BCUT2D eigenvalue weighted by atomic mass is 9.98. The average molecular weight is 650 g/mol. The molecular weight excluding hydrogens is 595 g/mol. The zero-order valence-electron chi connectivity index (χ0n) is 26.9. The van der Waals surface area contributed by atoms with Crippen molar-refractivity contribution in [2.24, 2.45) is 11.3 Å². The van der Waals surface area contributed by atoms with Crippen LogP contribution in [0.5, 0.6) is 0 Å². The Balaban J connectivity index is -0.000000529. The van der Waals surface area contributed by atoms with E-state index in [1.54, 1.807) is 75.3 Å². The monoisotopic (exact) mass is 649 g/mol. The zero-order chi connectivity index (χ0) is 33.4. The summed E-state index contributed by atoms with van der Waals surface area (Å²) in [4.78, 5) is 22.2. The highest BCUT2D eigenvalue weighted by atomic mass is 32.2. The minimum atomic E-state index is -3.49. The smallest absolute Gasteiger partial charge is 0.236 e. The van der Waals surface area contributed by atoms with E-state index in [0.717, 1.165) is 0 Å². The highest BCUT2D eigenvalue weighted by Gasteiger charge is 2.17. The van der Waals surface area contributed by atoms with Gasteiger partial charge in [0.1, 0.15) is 11.6 Å². The van der Waals surface area contributed by atoms with E-state index in [4.69, 9.17) is 0 Å². The molecule has 0 fully saturated rings. The van der Waals surface area contributed by atoms with Crippen LogP contribution in [0.4, 0.5) is 0 Å². The maximum atomic E-state index is 11.3. The normalized spacial score (nSPS) is 12.8. The summed E-state index contributed by atoms with van der Waals surface area (Å²) in [6, 6.07) is -0.450. The maximum Gasteiger partial charge on any atom is 0.236 e. The SMILES string of the molecule is CC(C)NC(=O)CS(=O)(=O)NC(C)C.CC(C)NS(=O)(=O)/C=C/C(C)(C)C.CC(C)NS(=O)(=O)CNC(=O)C(C)C. The van der Waals surface area contributed by atoms with Gasteiger partial charge >= 0.3 is 0 Å². The van der Waals surface area contributed by atoms with E-state index in [1.165, 1.54) is 5.41 Å². The summed E-state index contributed by atoms with van der Waals surface area (Å²) in [6.07, 6.45) is 1.68. The number of rotatable bonds is 13. The van der Waals surface area contributed by atoms with Crippen molar-refractivity contribution in [3.05, 3.63) is 11.5 Å². The van der Waals surface area contributed by atoms with Gasteiger partial charge in [0.2, 0.25) is 41.9 Å². The van der Waals surface area contributed by atoms with Gasteiger partial charge in [-0.1, -0.05) is 40.7 Å². The van der Waals surface area contributed by atoms with Gasteiger partial charge in [-0.15, -0.1) is 0 Å². The molecule has 0 aliphatic carbocycles. The number of carbonyl (C=O) groups excluding carboxylic acids is 2. The van der Waals surface area contributed by atoms with Crippen LogP contribution in [0.3, 0.4) is 0 Å². The molecule has 0 radical (unpaired) electrons. The van der Waals surface area contributed by atoms with Gasteiger partial charge in [-0.05, 0) is 60.8 Å². The van der Waals surface area contributed by atoms with Crippen LogP contribution in [0.2, 0.25) is 0 Å². The van der Waals surface area contributed by atoms with E-state index in [2.05, 4.69) is 24.8 Å². The molecule has 0 aliphatic heterocycles. The van der Waals surface area contributed by atoms with Crippen molar-refractivity contribution in [3.8, 4) is 0 Å². The minimum absolute atomic E-state index is 0.0447. The molecule has 0 atom stereocenters. The molecule has 16 heteroatoms. The molecular formula is C25H55N5O8S3. The van der Waals surface area contributed by atoms with Gasteiger partial charge in [0.25, 0.3) is 0 Å². The van der Waals surface area contributed by atoms with Crippen molar-refractivity contribution in [2.75, 3.05) is 11.6 Å². The van der Waals surface area contributed by atoms with Crippen molar-refractivity contribution in [1.82, 2.24) is 24.8 Å². The van der Waals surface area contributed by atoms with Gasteiger partial charge in [0.15, 0.2) is 0 Å². The summed E-state index contributed by atoms with van der Waals surface area (Å²) in [5.74, 6) is -1.82. The zero-order valence-corrected chi connectivity index (χ0v) is 29.4. The lowest BCUT2D eigenvalue weighted by Crippen LogP contribution is -2.41. The van der Waals surface area contributed by atoms with E-state index in [1.807, 2.05) is 20.8 Å². The quantitative estimate of drug-likeness (QED) is 0.199. The second kappa shape index (κ2) is 19.6. The molecule has 0 unspecified atom stereocenters. The van der Waals surface area contributed by atoms with E-state index in [-0.39, 0.29) is 47.3 Å². The van der Waals surface area contributed by atoms with Crippen LogP contribution in [0, 0.1) is 11.3 Å². The topological polar surface area (TPSA) is 197 Å². The minimum Gasteiger partial charge on any atom is -0.353 e. The van der Waals surface area contributed by atoms with Crippen LogP contribution in [0.25, 0.3) is 0 Å². The van der Waals surface area contributed by atoms with Crippen LogP contribution < -0.4 is 24.8 Å². The summed E-state index contributed by atoms with van der Waals surface area (Å²) >= 11 is 0. The number of allylic oxidation sites excluding steroid dienone is 1. The predicted octanol–water partition coefficient (Wildman–Crippen LogP) is 1.76. The number of carbonyl (C=O) groups is 2. The average Bonchev–Trinajstić information content (AvgIpc) is 2.67. The third kappa shape index (κ3) is 32.8. The lowest BCUT2D eigenvalue weighted by molar-refractivity contribution is -0.123. The fourth-order valence-electron chi connectivity index (χ4n) is 2.37. The Kier molecular flexibility index (Phi) is 20.9. The van der Waals surface area contributed by atoms with Crippen LogP contribution in [0.15, 0.2) is 11.5 Å². The lowest BCUT2D eigenvalue weighted by Gasteiger charge is -2.12. The van der Waals surface area contributed by atoms with Gasteiger partial charge in [-0.2, -0.15) is 0 Å². The highest BCUT2D eigenvalue weighted by molar-refractivity contribution is 7.92. The molecule has 0 heterocycles. The van der Waals surface area contributed by atoms with Crippen molar-refractivity contribution >= 4 is 41.9 Å². The molecule has 0 aromatic carbocycles. The van der Waals surface area contributed by atoms with Crippen LogP contribution in [-0.2, 0) is 39.7 Å². The fraction of sp³-hybridized carbons (Fsp3) is 0.840. The molecule has 0 rings (SSSR count). The largest absolute Gasteiger partial charge is 0.353 e. The summed E-state index contributed by atoms with van der Waals surface area (Å²) in [5.41, 5.74) is -0.105. The Labute approximate surface area is 249 Å². The molecule has 0 saturated heterocycles. The first kappa shape index (κ1) is 43.9. The van der Waals surface area contributed by atoms with E-state index >= 15 is 0 Å². The summed E-state index contributed by atoms with van der Waals surface area (Å²) in [5, 5.41) is 6.08. The maximum absolute atomic E-state index is 11.3. The first-order valence-corrected chi connectivity index (χ1v) is 18.2. The predicted molar refractivity (Wildman–Crippen MR) is 166 cm³/mol.